The third kappa shape index (κ3) is 2.02. The van der Waals surface area contributed by atoms with Gasteiger partial charge in [0.15, 0.2) is 0 Å². The molecule has 1 aromatic carbocycles. The van der Waals surface area contributed by atoms with Gasteiger partial charge in [0.1, 0.15) is 0 Å². The SMILES string of the molecule is O=C(O)N1C[C@@H](c2ccccc2)C[C@H]1CO. The van der Waals surface area contributed by atoms with E-state index in [1.54, 1.807) is 0 Å². The Hall–Kier alpha value is -1.55. The first-order valence-corrected chi connectivity index (χ1v) is 5.37. The van der Waals surface area contributed by atoms with Crippen molar-refractivity contribution < 1.29 is 15.0 Å². The Balaban J connectivity index is 2.14. The Morgan fingerprint density at radius 2 is 2.06 bits per heavy atom. The molecular weight excluding hydrogens is 206 g/mol. The standard InChI is InChI=1S/C12H15NO3/c14-8-11-6-10(7-13(11)12(15)16)9-4-2-1-3-5-9/h1-5,10-11,14H,6-8H2,(H,15,16)/t10-,11-/m0/s1. The van der Waals surface area contributed by atoms with Crippen LogP contribution in [0.25, 0.3) is 0 Å². The number of likely N-dealkylation sites (tertiary alicyclic amines) is 1. The molecule has 2 rings (SSSR count). The van der Waals surface area contributed by atoms with Crippen molar-refractivity contribution in [1.29, 1.82) is 0 Å². The Morgan fingerprint density at radius 3 is 2.56 bits per heavy atom. The average Bonchev–Trinajstić information content (AvgIpc) is 2.74. The maximum Gasteiger partial charge on any atom is 0.407 e. The van der Waals surface area contributed by atoms with Gasteiger partial charge in [0.25, 0.3) is 0 Å². The average molecular weight is 221 g/mol. The molecule has 0 radical (unpaired) electrons. The van der Waals surface area contributed by atoms with Crippen LogP contribution in [-0.4, -0.2) is 40.4 Å². The number of carbonyl (C=O) groups is 1. The number of nitrogens with zero attached hydrogens (tertiary/aromatic N) is 1. The number of aliphatic hydroxyl groups is 1. The van der Waals surface area contributed by atoms with E-state index >= 15 is 0 Å². The van der Waals surface area contributed by atoms with Crippen molar-refractivity contribution in [2.45, 2.75) is 18.4 Å². The molecule has 1 heterocycles. The highest BCUT2D eigenvalue weighted by Crippen LogP contribution is 2.31. The van der Waals surface area contributed by atoms with Gasteiger partial charge in [-0.15, -0.1) is 0 Å². The summed E-state index contributed by atoms with van der Waals surface area (Å²) in [6, 6.07) is 9.59. The van der Waals surface area contributed by atoms with E-state index in [0.717, 1.165) is 5.56 Å². The topological polar surface area (TPSA) is 60.8 Å². The summed E-state index contributed by atoms with van der Waals surface area (Å²) >= 11 is 0. The molecule has 1 aliphatic rings. The summed E-state index contributed by atoms with van der Waals surface area (Å²) in [5.41, 5.74) is 1.14. The number of carboxylic acid groups (broad SMARTS) is 1. The highest BCUT2D eigenvalue weighted by Gasteiger charge is 2.35. The minimum absolute atomic E-state index is 0.102. The molecule has 0 bridgehead atoms. The molecule has 4 heteroatoms. The third-order valence-corrected chi connectivity index (χ3v) is 3.14. The third-order valence-electron chi connectivity index (χ3n) is 3.14. The van der Waals surface area contributed by atoms with E-state index in [4.69, 9.17) is 10.2 Å². The van der Waals surface area contributed by atoms with Crippen molar-refractivity contribution in [3.63, 3.8) is 0 Å². The van der Waals surface area contributed by atoms with Crippen LogP contribution in [0.4, 0.5) is 4.79 Å². The van der Waals surface area contributed by atoms with Crippen LogP contribution in [0.2, 0.25) is 0 Å². The molecule has 1 amide bonds. The predicted octanol–water partition coefficient (Wildman–Crippen LogP) is 1.51. The summed E-state index contributed by atoms with van der Waals surface area (Å²) < 4.78 is 0. The van der Waals surface area contributed by atoms with Crippen LogP contribution in [0.15, 0.2) is 30.3 Å². The van der Waals surface area contributed by atoms with Crippen molar-refractivity contribution in [1.82, 2.24) is 4.90 Å². The van der Waals surface area contributed by atoms with Crippen LogP contribution in [0.1, 0.15) is 17.9 Å². The number of aliphatic hydroxyl groups excluding tert-OH is 1. The molecule has 1 saturated heterocycles. The van der Waals surface area contributed by atoms with Gasteiger partial charge < -0.3 is 15.1 Å². The molecule has 2 atom stereocenters. The Kier molecular flexibility index (Phi) is 3.10. The summed E-state index contributed by atoms with van der Waals surface area (Å²) in [6.45, 7) is 0.375. The molecule has 0 saturated carbocycles. The second-order valence-electron chi connectivity index (χ2n) is 4.11. The molecule has 0 aliphatic carbocycles. The van der Waals surface area contributed by atoms with Gasteiger partial charge in [0, 0.05) is 12.5 Å². The van der Waals surface area contributed by atoms with E-state index in [9.17, 15) is 4.79 Å². The molecule has 2 N–H and O–H groups in total. The highest BCUT2D eigenvalue weighted by atomic mass is 16.4. The van der Waals surface area contributed by atoms with E-state index in [1.807, 2.05) is 30.3 Å². The highest BCUT2D eigenvalue weighted by molar-refractivity contribution is 5.66. The smallest absolute Gasteiger partial charge is 0.407 e. The molecule has 0 spiro atoms. The largest absolute Gasteiger partial charge is 0.465 e. The minimum atomic E-state index is -0.947. The first-order valence-electron chi connectivity index (χ1n) is 5.37. The Morgan fingerprint density at radius 1 is 1.38 bits per heavy atom. The Labute approximate surface area is 94.1 Å². The predicted molar refractivity (Wildman–Crippen MR) is 59.4 cm³/mol. The first kappa shape index (κ1) is 11.0. The zero-order chi connectivity index (χ0) is 11.5. The fourth-order valence-corrected chi connectivity index (χ4v) is 2.29. The Bertz CT molecular complexity index is 366. The summed E-state index contributed by atoms with van der Waals surface area (Å²) in [4.78, 5) is 12.3. The lowest BCUT2D eigenvalue weighted by molar-refractivity contribution is 0.118. The monoisotopic (exact) mass is 221 g/mol. The van der Waals surface area contributed by atoms with Crippen molar-refractivity contribution in [3.8, 4) is 0 Å². The lowest BCUT2D eigenvalue weighted by atomic mass is 9.97. The maximum atomic E-state index is 11.0. The molecular formula is C12H15NO3. The van der Waals surface area contributed by atoms with Crippen LogP contribution in [-0.2, 0) is 0 Å². The van der Waals surface area contributed by atoms with Gasteiger partial charge >= 0.3 is 6.09 Å². The molecule has 86 valence electrons. The van der Waals surface area contributed by atoms with Crippen LogP contribution < -0.4 is 0 Å². The normalized spacial score (nSPS) is 24.7. The molecule has 1 aromatic rings. The zero-order valence-corrected chi connectivity index (χ0v) is 8.91. The van der Waals surface area contributed by atoms with E-state index in [2.05, 4.69) is 0 Å². The molecule has 16 heavy (non-hydrogen) atoms. The zero-order valence-electron chi connectivity index (χ0n) is 8.91. The van der Waals surface area contributed by atoms with Crippen molar-refractivity contribution in [2.24, 2.45) is 0 Å². The maximum absolute atomic E-state index is 11.0. The van der Waals surface area contributed by atoms with Gasteiger partial charge in [-0.3, -0.25) is 0 Å². The van der Waals surface area contributed by atoms with Gasteiger partial charge in [-0.2, -0.15) is 0 Å². The lowest BCUT2D eigenvalue weighted by Crippen LogP contribution is -2.36. The summed E-state index contributed by atoms with van der Waals surface area (Å²) in [5.74, 6) is 0.203. The quantitative estimate of drug-likeness (QED) is 0.795. The van der Waals surface area contributed by atoms with Crippen molar-refractivity contribution in [3.05, 3.63) is 35.9 Å². The number of amides is 1. The van der Waals surface area contributed by atoms with Crippen LogP contribution in [0.3, 0.4) is 0 Å². The molecule has 0 aromatic heterocycles. The van der Waals surface area contributed by atoms with E-state index in [1.165, 1.54) is 4.90 Å². The van der Waals surface area contributed by atoms with Crippen molar-refractivity contribution >= 4 is 6.09 Å². The van der Waals surface area contributed by atoms with Gasteiger partial charge in [-0.05, 0) is 12.0 Å². The van der Waals surface area contributed by atoms with E-state index in [0.29, 0.717) is 13.0 Å². The second-order valence-corrected chi connectivity index (χ2v) is 4.11. The molecule has 0 unspecified atom stereocenters. The number of rotatable bonds is 2. The van der Waals surface area contributed by atoms with Crippen LogP contribution in [0, 0.1) is 0 Å². The lowest BCUT2D eigenvalue weighted by Gasteiger charge is -2.18. The summed E-state index contributed by atoms with van der Waals surface area (Å²) in [7, 11) is 0. The molecule has 4 nitrogen and oxygen atoms in total. The molecule has 1 aliphatic heterocycles. The summed E-state index contributed by atoms with van der Waals surface area (Å²) in [6.07, 6.45) is -0.246. The van der Waals surface area contributed by atoms with Gasteiger partial charge in [0.05, 0.1) is 12.6 Å². The number of hydrogen-bond donors (Lipinski definition) is 2. The van der Waals surface area contributed by atoms with Gasteiger partial charge in [-0.1, -0.05) is 30.3 Å². The fraction of sp³-hybridized carbons (Fsp3) is 0.417. The van der Waals surface area contributed by atoms with Crippen LogP contribution in [0.5, 0.6) is 0 Å². The van der Waals surface area contributed by atoms with Gasteiger partial charge in [-0.25, -0.2) is 4.79 Å². The first-order chi connectivity index (χ1) is 7.72. The van der Waals surface area contributed by atoms with E-state index in [-0.39, 0.29) is 18.6 Å². The minimum Gasteiger partial charge on any atom is -0.465 e. The number of hydrogen-bond acceptors (Lipinski definition) is 2. The fourth-order valence-electron chi connectivity index (χ4n) is 2.29. The second kappa shape index (κ2) is 4.53. The van der Waals surface area contributed by atoms with Crippen molar-refractivity contribution in [2.75, 3.05) is 13.2 Å². The van der Waals surface area contributed by atoms with Gasteiger partial charge in [0.2, 0.25) is 0 Å². The van der Waals surface area contributed by atoms with Crippen LogP contribution >= 0.6 is 0 Å². The molecule has 1 fully saturated rings. The summed E-state index contributed by atoms with van der Waals surface area (Å²) in [5, 5.41) is 18.1. The number of benzene rings is 1. The van der Waals surface area contributed by atoms with E-state index < -0.39 is 6.09 Å².